The largest absolute Gasteiger partial charge is 0.476 e. The fourth-order valence-electron chi connectivity index (χ4n) is 2.63. The molecule has 6 heteroatoms. The van der Waals surface area contributed by atoms with Crippen LogP contribution in [0.5, 0.6) is 5.75 Å². The number of nitrogens with one attached hydrogen (secondary N) is 1. The van der Waals surface area contributed by atoms with Gasteiger partial charge in [-0.3, -0.25) is 9.59 Å². The molecule has 3 rings (SSSR count). The number of H-pyrrole nitrogens is 1. The number of hydrogen-bond acceptors (Lipinski definition) is 4. The number of hydrogen-bond donors (Lipinski definition) is 1. The lowest BCUT2D eigenvalue weighted by Crippen LogP contribution is -2.52. The van der Waals surface area contributed by atoms with E-state index >= 15 is 0 Å². The lowest BCUT2D eigenvalue weighted by Gasteiger charge is -2.38. The molecule has 1 aromatic heterocycles. The smallest absolute Gasteiger partial charge is 0.270 e. The van der Waals surface area contributed by atoms with Crippen LogP contribution in [0.15, 0.2) is 16.9 Å². The molecule has 1 aromatic carbocycles. The molecule has 2 heterocycles. The summed E-state index contributed by atoms with van der Waals surface area (Å²) in [4.78, 5) is 33.1. The Morgan fingerprint density at radius 1 is 1.33 bits per heavy atom. The Bertz CT molecular complexity index is 808. The van der Waals surface area contributed by atoms with Gasteiger partial charge in [0, 0.05) is 12.6 Å². The van der Waals surface area contributed by atoms with Gasteiger partial charge >= 0.3 is 0 Å². The fraction of sp³-hybridized carbons (Fsp3) is 0.400. The first-order valence-electron chi connectivity index (χ1n) is 6.89. The van der Waals surface area contributed by atoms with Gasteiger partial charge in [-0.25, -0.2) is 4.98 Å². The number of aryl methyl sites for hydroxylation is 1. The molecule has 0 atom stereocenters. The molecule has 0 bridgehead atoms. The zero-order chi connectivity index (χ0) is 15.4. The Morgan fingerprint density at radius 2 is 2.05 bits per heavy atom. The van der Waals surface area contributed by atoms with Crippen LogP contribution in [-0.4, -0.2) is 28.0 Å². The minimum absolute atomic E-state index is 0.117. The van der Waals surface area contributed by atoms with E-state index in [0.29, 0.717) is 34.7 Å². The number of anilines is 1. The van der Waals surface area contributed by atoms with Gasteiger partial charge in [0.2, 0.25) is 0 Å². The van der Waals surface area contributed by atoms with E-state index < -0.39 is 5.60 Å². The van der Waals surface area contributed by atoms with Crippen molar-refractivity contribution in [1.82, 2.24) is 9.97 Å². The number of aromatic amines is 1. The number of ether oxygens (including phenoxy) is 1. The van der Waals surface area contributed by atoms with Crippen molar-refractivity contribution in [2.45, 2.75) is 33.3 Å². The average molecular weight is 287 g/mol. The molecule has 21 heavy (non-hydrogen) atoms. The van der Waals surface area contributed by atoms with Crippen molar-refractivity contribution in [1.29, 1.82) is 0 Å². The van der Waals surface area contributed by atoms with E-state index in [9.17, 15) is 9.59 Å². The number of rotatable bonds is 1. The van der Waals surface area contributed by atoms with E-state index in [-0.39, 0.29) is 11.5 Å². The molecule has 6 nitrogen and oxygen atoms in total. The summed E-state index contributed by atoms with van der Waals surface area (Å²) in [7, 11) is 0. The zero-order valence-electron chi connectivity index (χ0n) is 12.5. The van der Waals surface area contributed by atoms with Gasteiger partial charge in [0.1, 0.15) is 11.6 Å². The first-order valence-corrected chi connectivity index (χ1v) is 6.89. The second kappa shape index (κ2) is 4.31. The first kappa shape index (κ1) is 13.6. The molecule has 2 aromatic rings. The molecule has 0 unspecified atom stereocenters. The molecular weight excluding hydrogens is 270 g/mol. The van der Waals surface area contributed by atoms with Gasteiger partial charge in [0.25, 0.3) is 11.5 Å². The molecule has 110 valence electrons. The molecule has 0 spiro atoms. The summed E-state index contributed by atoms with van der Waals surface area (Å²) in [6, 6.07) is 3.40. The Morgan fingerprint density at radius 3 is 2.71 bits per heavy atom. The number of carbonyl (C=O) groups is 1. The van der Waals surface area contributed by atoms with E-state index in [1.54, 1.807) is 37.8 Å². The van der Waals surface area contributed by atoms with Crippen molar-refractivity contribution in [3.05, 3.63) is 28.3 Å². The SMILES string of the molecule is CCN1C(=O)C(C)(C)Oc2cc3nc(C)[nH]c(=O)c3cc21. The molecule has 0 fully saturated rings. The van der Waals surface area contributed by atoms with E-state index in [1.807, 2.05) is 6.92 Å². The van der Waals surface area contributed by atoms with Gasteiger partial charge in [-0.05, 0) is 33.8 Å². The fourth-order valence-corrected chi connectivity index (χ4v) is 2.63. The molecular formula is C15H17N3O3. The molecule has 0 radical (unpaired) electrons. The Kier molecular flexibility index (Phi) is 2.79. The molecule has 1 N–H and O–H groups in total. The molecule has 0 aliphatic carbocycles. The topological polar surface area (TPSA) is 75.3 Å². The van der Waals surface area contributed by atoms with Crippen LogP contribution in [0.4, 0.5) is 5.69 Å². The van der Waals surface area contributed by atoms with Gasteiger partial charge in [0.05, 0.1) is 16.6 Å². The van der Waals surface area contributed by atoms with Crippen molar-refractivity contribution in [2.24, 2.45) is 0 Å². The predicted octanol–water partition coefficient (Wildman–Crippen LogP) is 1.76. The van der Waals surface area contributed by atoms with Crippen molar-refractivity contribution in [3.63, 3.8) is 0 Å². The molecule has 1 amide bonds. The standard InChI is InChI=1S/C15H17N3O3/c1-5-18-11-6-9-10(16-8(2)17-13(9)19)7-12(11)21-15(3,4)14(18)20/h6-7H,5H2,1-4H3,(H,16,17,19). The third kappa shape index (κ3) is 1.98. The highest BCUT2D eigenvalue weighted by Crippen LogP contribution is 2.39. The van der Waals surface area contributed by atoms with Crippen molar-refractivity contribution >= 4 is 22.5 Å². The highest BCUT2D eigenvalue weighted by Gasteiger charge is 2.40. The lowest BCUT2D eigenvalue weighted by molar-refractivity contribution is -0.132. The Balaban J connectivity index is 2.32. The van der Waals surface area contributed by atoms with Crippen LogP contribution < -0.4 is 15.2 Å². The Labute approximate surface area is 121 Å². The summed E-state index contributed by atoms with van der Waals surface area (Å²) in [5, 5.41) is 0.453. The van der Waals surface area contributed by atoms with Crippen LogP contribution in [0.2, 0.25) is 0 Å². The highest BCUT2D eigenvalue weighted by molar-refractivity contribution is 6.04. The van der Waals surface area contributed by atoms with Crippen LogP contribution in [0, 0.1) is 6.92 Å². The number of amides is 1. The minimum Gasteiger partial charge on any atom is -0.476 e. The van der Waals surface area contributed by atoms with Crippen LogP contribution in [0.1, 0.15) is 26.6 Å². The Hall–Kier alpha value is -2.37. The van der Waals surface area contributed by atoms with Crippen LogP contribution in [0.25, 0.3) is 10.9 Å². The zero-order valence-corrected chi connectivity index (χ0v) is 12.5. The normalized spacial score (nSPS) is 16.8. The highest BCUT2D eigenvalue weighted by atomic mass is 16.5. The van der Waals surface area contributed by atoms with Crippen LogP contribution >= 0.6 is 0 Å². The van der Waals surface area contributed by atoms with E-state index in [4.69, 9.17) is 4.74 Å². The second-order valence-electron chi connectivity index (χ2n) is 5.65. The maximum atomic E-state index is 12.4. The first-order chi connectivity index (χ1) is 9.83. The maximum absolute atomic E-state index is 12.4. The summed E-state index contributed by atoms with van der Waals surface area (Å²) in [6.45, 7) is 7.61. The maximum Gasteiger partial charge on any atom is 0.270 e. The van der Waals surface area contributed by atoms with Gasteiger partial charge in [-0.15, -0.1) is 0 Å². The van der Waals surface area contributed by atoms with Crippen molar-refractivity contribution in [3.8, 4) is 5.75 Å². The summed E-state index contributed by atoms with van der Waals surface area (Å²) in [6.07, 6.45) is 0. The molecule has 0 saturated carbocycles. The second-order valence-corrected chi connectivity index (χ2v) is 5.65. The van der Waals surface area contributed by atoms with E-state index in [1.165, 1.54) is 0 Å². The summed E-state index contributed by atoms with van der Waals surface area (Å²) in [5.74, 6) is 1.01. The average Bonchev–Trinajstić information content (AvgIpc) is 2.38. The van der Waals surface area contributed by atoms with Crippen molar-refractivity contribution < 1.29 is 9.53 Å². The van der Waals surface area contributed by atoms with E-state index in [2.05, 4.69) is 9.97 Å². The number of fused-ring (bicyclic) bond motifs is 2. The summed E-state index contributed by atoms with van der Waals surface area (Å²) in [5.41, 5.74) is 0.0442. The number of likely N-dealkylation sites (N-methyl/N-ethyl adjacent to an activating group) is 1. The quantitative estimate of drug-likeness (QED) is 0.867. The number of nitrogens with zero attached hydrogens (tertiary/aromatic N) is 2. The van der Waals surface area contributed by atoms with Gasteiger partial charge in [-0.2, -0.15) is 0 Å². The van der Waals surface area contributed by atoms with Gasteiger partial charge in [0.15, 0.2) is 5.60 Å². The number of benzene rings is 1. The van der Waals surface area contributed by atoms with Crippen LogP contribution in [-0.2, 0) is 4.79 Å². The molecule has 1 aliphatic heterocycles. The lowest BCUT2D eigenvalue weighted by atomic mass is 10.0. The number of aromatic nitrogens is 2. The predicted molar refractivity (Wildman–Crippen MR) is 79.8 cm³/mol. The third-order valence-electron chi connectivity index (χ3n) is 3.64. The summed E-state index contributed by atoms with van der Waals surface area (Å²) < 4.78 is 5.81. The van der Waals surface area contributed by atoms with E-state index in [0.717, 1.165) is 0 Å². The van der Waals surface area contributed by atoms with Crippen LogP contribution in [0.3, 0.4) is 0 Å². The van der Waals surface area contributed by atoms with Crippen molar-refractivity contribution in [2.75, 3.05) is 11.4 Å². The van der Waals surface area contributed by atoms with Gasteiger partial charge < -0.3 is 14.6 Å². The number of carbonyl (C=O) groups excluding carboxylic acids is 1. The molecule has 0 saturated heterocycles. The van der Waals surface area contributed by atoms with Gasteiger partial charge in [-0.1, -0.05) is 0 Å². The summed E-state index contributed by atoms with van der Waals surface area (Å²) >= 11 is 0. The monoisotopic (exact) mass is 287 g/mol. The third-order valence-corrected chi connectivity index (χ3v) is 3.64. The molecule has 1 aliphatic rings. The minimum atomic E-state index is -0.924.